The van der Waals surface area contributed by atoms with Crippen molar-refractivity contribution in [2.75, 3.05) is 0 Å². The van der Waals surface area contributed by atoms with E-state index < -0.39 is 11.4 Å². The Morgan fingerprint density at radius 2 is 1.40 bits per heavy atom. The standard InChI is InChI=1S/H2O3S.Te/c1-4(2)3;/h(H2,1,2,3);. The molecule has 32 valence electrons. The van der Waals surface area contributed by atoms with Crippen molar-refractivity contribution in [2.24, 2.45) is 0 Å². The minimum atomic E-state index is -2.61. The molecule has 2 radical (unpaired) electrons. The Labute approximate surface area is 48.6 Å². The zero-order valence-corrected chi connectivity index (χ0v) is 5.27. The summed E-state index contributed by atoms with van der Waals surface area (Å²) in [6, 6.07) is 0. The van der Waals surface area contributed by atoms with E-state index >= 15 is 0 Å². The Morgan fingerprint density at radius 3 is 1.40 bits per heavy atom. The SMILES string of the molecule is O=S(O)O.[Te]. The molecule has 2 N–H and O–H groups in total. The van der Waals surface area contributed by atoms with Gasteiger partial charge in [-0.05, 0) is 0 Å². The molecule has 5 heteroatoms. The van der Waals surface area contributed by atoms with E-state index in [0.717, 1.165) is 0 Å². The monoisotopic (exact) mass is 212 g/mol. The van der Waals surface area contributed by atoms with Crippen molar-refractivity contribution in [3.8, 4) is 0 Å². The van der Waals surface area contributed by atoms with Gasteiger partial charge < -0.3 is 0 Å². The Balaban J connectivity index is 0. The molecule has 0 aliphatic heterocycles. The van der Waals surface area contributed by atoms with Gasteiger partial charge in [0.2, 0.25) is 0 Å². The second kappa shape index (κ2) is 4.86. The van der Waals surface area contributed by atoms with Crippen LogP contribution >= 0.6 is 0 Å². The van der Waals surface area contributed by atoms with Crippen LogP contribution in [0.1, 0.15) is 0 Å². The van der Waals surface area contributed by atoms with Crippen LogP contribution in [-0.2, 0) is 11.4 Å². The first-order chi connectivity index (χ1) is 1.73. The molecule has 0 aliphatic rings. The fourth-order valence-electron chi connectivity index (χ4n) is 0. The molecule has 0 spiro atoms. The zero-order chi connectivity index (χ0) is 3.58. The first-order valence-corrected chi connectivity index (χ1v) is 1.60. The van der Waals surface area contributed by atoms with Crippen LogP contribution in [0.2, 0.25) is 0 Å². The molecule has 0 saturated carbocycles. The summed E-state index contributed by atoms with van der Waals surface area (Å²) in [5, 5.41) is 0. The predicted molar refractivity (Wildman–Crippen MR) is 19.2 cm³/mol. The van der Waals surface area contributed by atoms with E-state index in [1.165, 1.54) is 0 Å². The molecule has 0 aromatic carbocycles. The van der Waals surface area contributed by atoms with Gasteiger partial charge in [-0.15, -0.1) is 0 Å². The van der Waals surface area contributed by atoms with Crippen LogP contribution in [0.15, 0.2) is 0 Å². The van der Waals surface area contributed by atoms with Crippen molar-refractivity contribution in [3.63, 3.8) is 0 Å². The molecule has 0 amide bonds. The molecule has 0 rings (SSSR count). The van der Waals surface area contributed by atoms with E-state index in [2.05, 4.69) is 0 Å². The van der Waals surface area contributed by atoms with Gasteiger partial charge in [0.1, 0.15) is 0 Å². The summed E-state index contributed by atoms with van der Waals surface area (Å²) < 4.78 is 22.8. The number of hydrogen-bond donors (Lipinski definition) is 2. The fourth-order valence-corrected chi connectivity index (χ4v) is 0. The van der Waals surface area contributed by atoms with Crippen molar-refractivity contribution in [2.45, 2.75) is 0 Å². The molecular weight excluding hydrogens is 208 g/mol. The summed E-state index contributed by atoms with van der Waals surface area (Å²) in [7, 11) is 0. The van der Waals surface area contributed by atoms with Gasteiger partial charge in [-0.1, -0.05) is 0 Å². The molecular formula is H2O3STe. The van der Waals surface area contributed by atoms with E-state index in [1.54, 1.807) is 0 Å². The van der Waals surface area contributed by atoms with Gasteiger partial charge in [0.25, 0.3) is 11.4 Å². The molecule has 5 heavy (non-hydrogen) atoms. The molecule has 0 bridgehead atoms. The third-order valence-electron chi connectivity index (χ3n) is 0. The Bertz CT molecular complexity index is 29.9. The summed E-state index contributed by atoms with van der Waals surface area (Å²) in [6.07, 6.45) is 0. The van der Waals surface area contributed by atoms with Crippen LogP contribution < -0.4 is 0 Å². The molecule has 0 unspecified atom stereocenters. The van der Waals surface area contributed by atoms with E-state index in [1.807, 2.05) is 0 Å². The Kier molecular flexibility index (Phi) is 9.03. The summed E-state index contributed by atoms with van der Waals surface area (Å²) in [5.74, 6) is 0. The molecule has 0 saturated heterocycles. The first kappa shape index (κ1) is 9.29. The van der Waals surface area contributed by atoms with Crippen LogP contribution in [0, 0.1) is 0 Å². The zero-order valence-electron chi connectivity index (χ0n) is 2.12. The molecule has 0 fully saturated rings. The maximum Gasteiger partial charge on any atom is 0.299 e. The molecule has 3 nitrogen and oxygen atoms in total. The topological polar surface area (TPSA) is 57.5 Å². The first-order valence-electron chi connectivity index (χ1n) is 0.532. The minimum absolute atomic E-state index is 0. The summed E-state index contributed by atoms with van der Waals surface area (Å²) in [4.78, 5) is 0. The maximum atomic E-state index is 8.67. The van der Waals surface area contributed by atoms with Crippen molar-refractivity contribution in [3.05, 3.63) is 0 Å². The largest absolute Gasteiger partial charge is 0.299 e. The van der Waals surface area contributed by atoms with Gasteiger partial charge >= 0.3 is 0 Å². The average Bonchev–Trinajstić information content (AvgIpc) is 0.811. The van der Waals surface area contributed by atoms with Gasteiger partial charge in [-0.2, -0.15) is 4.21 Å². The third kappa shape index (κ3) is 53.8. The summed E-state index contributed by atoms with van der Waals surface area (Å²) in [6.45, 7) is 0. The van der Waals surface area contributed by atoms with Crippen LogP contribution in [0.25, 0.3) is 0 Å². The van der Waals surface area contributed by atoms with E-state index in [-0.39, 0.29) is 23.7 Å². The molecule has 0 aliphatic carbocycles. The predicted octanol–water partition coefficient (Wildman–Crippen LogP) is -0.700. The minimum Gasteiger partial charge on any atom is -0.284 e. The van der Waals surface area contributed by atoms with Crippen molar-refractivity contribution in [1.29, 1.82) is 0 Å². The van der Waals surface area contributed by atoms with Crippen molar-refractivity contribution < 1.29 is 13.3 Å². The van der Waals surface area contributed by atoms with E-state index in [4.69, 9.17) is 13.3 Å². The van der Waals surface area contributed by atoms with E-state index in [9.17, 15) is 0 Å². The van der Waals surface area contributed by atoms with Gasteiger partial charge in [0.05, 0.1) is 0 Å². The van der Waals surface area contributed by atoms with Crippen molar-refractivity contribution in [1.82, 2.24) is 0 Å². The fraction of sp³-hybridized carbons (Fsp3) is 0. The number of rotatable bonds is 0. The number of hydrogen-bond acceptors (Lipinski definition) is 1. The smallest absolute Gasteiger partial charge is 0.284 e. The second-order valence-electron chi connectivity index (χ2n) is 0.231. The molecule has 0 atom stereocenters. The quantitative estimate of drug-likeness (QED) is 0.410. The summed E-state index contributed by atoms with van der Waals surface area (Å²) in [5.41, 5.74) is 0. The Morgan fingerprint density at radius 1 is 1.40 bits per heavy atom. The van der Waals surface area contributed by atoms with E-state index in [0.29, 0.717) is 0 Å². The van der Waals surface area contributed by atoms with Gasteiger partial charge in [0, 0.05) is 23.7 Å². The normalized spacial score (nSPS) is 7.00. The van der Waals surface area contributed by atoms with Gasteiger partial charge in [-0.3, -0.25) is 9.11 Å². The molecule has 0 aromatic rings. The van der Waals surface area contributed by atoms with Crippen molar-refractivity contribution >= 4 is 35.0 Å². The van der Waals surface area contributed by atoms with Gasteiger partial charge in [-0.25, -0.2) is 0 Å². The van der Waals surface area contributed by atoms with Crippen LogP contribution in [0.3, 0.4) is 0 Å². The van der Waals surface area contributed by atoms with Crippen LogP contribution in [-0.4, -0.2) is 37.0 Å². The molecule has 0 heterocycles. The second-order valence-corrected chi connectivity index (χ2v) is 0.692. The van der Waals surface area contributed by atoms with Crippen LogP contribution in [0.4, 0.5) is 0 Å². The molecule has 0 aromatic heterocycles. The van der Waals surface area contributed by atoms with Gasteiger partial charge in [0.15, 0.2) is 0 Å². The van der Waals surface area contributed by atoms with Crippen LogP contribution in [0.5, 0.6) is 0 Å². The third-order valence-corrected chi connectivity index (χ3v) is 0. The maximum absolute atomic E-state index is 8.67. The summed E-state index contributed by atoms with van der Waals surface area (Å²) >= 11 is -2.61. The average molecular weight is 210 g/mol. The Hall–Kier alpha value is 0.860.